The summed E-state index contributed by atoms with van der Waals surface area (Å²) in [5.74, 6) is -2.75. The van der Waals surface area contributed by atoms with Crippen molar-refractivity contribution in [2.75, 3.05) is 44.4 Å². The van der Waals surface area contributed by atoms with E-state index in [0.717, 1.165) is 46.2 Å². The quantitative estimate of drug-likeness (QED) is 0.384. The van der Waals surface area contributed by atoms with Gasteiger partial charge in [0.15, 0.2) is 18.1 Å². The van der Waals surface area contributed by atoms with Crippen LogP contribution in [0.25, 0.3) is 0 Å². The monoisotopic (exact) mass is 649 g/mol. The number of imide groups is 1. The Labute approximate surface area is 257 Å². The molecule has 0 spiro atoms. The number of rotatable bonds is 7. The number of H-pyrrole nitrogens is 1. The van der Waals surface area contributed by atoms with Crippen molar-refractivity contribution < 1.29 is 41.8 Å². The number of hydrogen-bond donors (Lipinski definition) is 1. The highest BCUT2D eigenvalue weighted by molar-refractivity contribution is 8.00. The van der Waals surface area contributed by atoms with Crippen molar-refractivity contribution >= 4 is 46.5 Å². The molecule has 3 amide bonds. The first-order valence-corrected chi connectivity index (χ1v) is 15.5. The third-order valence-electron chi connectivity index (χ3n) is 7.60. The average Bonchev–Trinajstić information content (AvgIpc) is 3.50. The smallest absolute Gasteiger partial charge is 0.416 e. The fraction of sp³-hybridized carbons (Fsp3) is 0.379. The van der Waals surface area contributed by atoms with Gasteiger partial charge in [0, 0.05) is 23.9 Å². The highest BCUT2D eigenvalue weighted by Crippen LogP contribution is 2.54. The first kappa shape index (κ1) is 30.2. The third-order valence-corrected chi connectivity index (χ3v) is 10.00. The summed E-state index contributed by atoms with van der Waals surface area (Å²) in [6.45, 7) is 3.63. The zero-order valence-corrected chi connectivity index (χ0v) is 24.9. The number of halogens is 3. The van der Waals surface area contributed by atoms with Gasteiger partial charge in [-0.1, -0.05) is 35.2 Å². The predicted molar refractivity (Wildman–Crippen MR) is 154 cm³/mol. The number of thioether (sulfide) groups is 1. The van der Waals surface area contributed by atoms with Gasteiger partial charge < -0.3 is 24.1 Å². The molecule has 1 aromatic heterocycles. The number of thiazole rings is 1. The number of amides is 3. The van der Waals surface area contributed by atoms with Gasteiger partial charge in [-0.05, 0) is 42.8 Å². The van der Waals surface area contributed by atoms with E-state index in [-0.39, 0.29) is 29.7 Å². The topological polar surface area (TPSA) is 118 Å². The molecule has 44 heavy (non-hydrogen) atoms. The van der Waals surface area contributed by atoms with Crippen LogP contribution in [-0.2, 0) is 25.3 Å². The van der Waals surface area contributed by atoms with Crippen LogP contribution < -0.4 is 19.2 Å². The number of ether oxygens (including phenoxy) is 3. The van der Waals surface area contributed by atoms with E-state index in [9.17, 15) is 32.3 Å². The molecule has 2 saturated heterocycles. The Hall–Kier alpha value is -3.82. The van der Waals surface area contributed by atoms with Crippen molar-refractivity contribution in [1.29, 1.82) is 0 Å². The number of nitrogens with zero attached hydrogens (tertiary/aromatic N) is 2. The summed E-state index contributed by atoms with van der Waals surface area (Å²) in [5, 5.41) is -0.565. The van der Waals surface area contributed by atoms with Gasteiger partial charge in [0.05, 0.1) is 42.0 Å². The number of aromatic nitrogens is 1. The molecule has 0 saturated carbocycles. The number of carbonyl (C=O) groups is 3. The summed E-state index contributed by atoms with van der Waals surface area (Å²) in [5.41, 5.74) is -0.620. The van der Waals surface area contributed by atoms with Gasteiger partial charge in [-0.25, -0.2) is 4.90 Å². The Morgan fingerprint density at radius 1 is 1.05 bits per heavy atom. The second-order valence-electron chi connectivity index (χ2n) is 10.2. The molecule has 3 unspecified atom stereocenters. The van der Waals surface area contributed by atoms with Gasteiger partial charge in [-0.15, -0.1) is 0 Å². The van der Waals surface area contributed by atoms with Gasteiger partial charge in [0.1, 0.15) is 5.25 Å². The molecule has 0 radical (unpaired) electrons. The summed E-state index contributed by atoms with van der Waals surface area (Å²) in [6.07, 6.45) is -4.66. The van der Waals surface area contributed by atoms with Crippen molar-refractivity contribution in [3.8, 4) is 11.5 Å². The predicted octanol–water partition coefficient (Wildman–Crippen LogP) is 3.89. The standard InChI is InChI=1S/C29H26F3N3O7S2/c1-2-41-19-12-15(6-7-18(19)42-14-20(36)34-8-10-40-11-9-34)21-22-24(43-25-23(21)44-28(39)33-25)27(38)35(26(22)37)17-5-3-4-16(13-17)29(30,31)32/h3-7,12-13,21-22,24H,2,8-11,14H2,1H3,(H,33,39). The molecule has 3 atom stereocenters. The molecular weight excluding hydrogens is 623 g/mol. The number of aromatic amines is 1. The normalized spacial score (nSPS) is 21.7. The van der Waals surface area contributed by atoms with E-state index in [1.54, 1.807) is 30.0 Å². The number of nitrogens with one attached hydrogen (secondary N) is 1. The Kier molecular flexibility index (Phi) is 8.20. The van der Waals surface area contributed by atoms with E-state index >= 15 is 0 Å². The fourth-order valence-electron chi connectivity index (χ4n) is 5.60. The maximum absolute atomic E-state index is 13.9. The van der Waals surface area contributed by atoms with Crippen molar-refractivity contribution in [2.24, 2.45) is 5.92 Å². The lowest BCUT2D eigenvalue weighted by Gasteiger charge is -2.30. The van der Waals surface area contributed by atoms with Crippen LogP contribution in [0, 0.1) is 5.92 Å². The molecule has 15 heteroatoms. The average molecular weight is 650 g/mol. The van der Waals surface area contributed by atoms with E-state index in [1.807, 2.05) is 0 Å². The Morgan fingerprint density at radius 3 is 2.55 bits per heavy atom. The lowest BCUT2D eigenvalue weighted by Crippen LogP contribution is -2.43. The second-order valence-corrected chi connectivity index (χ2v) is 12.4. The SMILES string of the molecule is CCOc1cc(C2c3sc(=O)[nH]c3SC3C(=O)N(c4cccc(C(F)(F)F)c4)C(=O)C32)ccc1OCC(=O)N1CCOCC1. The lowest BCUT2D eigenvalue weighted by molar-refractivity contribution is -0.138. The molecule has 0 aliphatic carbocycles. The van der Waals surface area contributed by atoms with Gasteiger partial charge in [-0.2, -0.15) is 13.2 Å². The molecular formula is C29H26F3N3O7S2. The van der Waals surface area contributed by atoms with Crippen molar-refractivity contribution in [3.63, 3.8) is 0 Å². The summed E-state index contributed by atoms with van der Waals surface area (Å²) in [6, 6.07) is 9.01. The molecule has 4 heterocycles. The minimum Gasteiger partial charge on any atom is -0.490 e. The van der Waals surface area contributed by atoms with Crippen molar-refractivity contribution in [1.82, 2.24) is 9.88 Å². The van der Waals surface area contributed by atoms with Gasteiger partial charge in [-0.3, -0.25) is 19.2 Å². The van der Waals surface area contributed by atoms with E-state index in [4.69, 9.17) is 14.2 Å². The fourth-order valence-corrected chi connectivity index (χ4v) is 8.12. The van der Waals surface area contributed by atoms with Crippen LogP contribution in [0.2, 0.25) is 0 Å². The molecule has 2 fully saturated rings. The summed E-state index contributed by atoms with van der Waals surface area (Å²) < 4.78 is 57.3. The molecule has 0 bridgehead atoms. The molecule has 2 aromatic carbocycles. The molecule has 1 N–H and O–H groups in total. The zero-order valence-electron chi connectivity index (χ0n) is 23.2. The lowest BCUT2D eigenvalue weighted by atomic mass is 9.83. The van der Waals surface area contributed by atoms with E-state index in [2.05, 4.69) is 4.98 Å². The molecule has 10 nitrogen and oxygen atoms in total. The van der Waals surface area contributed by atoms with Crippen LogP contribution in [0.1, 0.15) is 28.8 Å². The molecule has 3 aliphatic heterocycles. The van der Waals surface area contributed by atoms with Crippen molar-refractivity contribution in [2.45, 2.75) is 29.3 Å². The highest BCUT2D eigenvalue weighted by Gasteiger charge is 2.56. The number of hydrogen-bond acceptors (Lipinski definition) is 9. The van der Waals surface area contributed by atoms with Gasteiger partial charge in [0.25, 0.3) is 5.91 Å². The van der Waals surface area contributed by atoms with Crippen LogP contribution in [0.5, 0.6) is 11.5 Å². The number of morpholine rings is 1. The van der Waals surface area contributed by atoms with Crippen LogP contribution in [-0.4, -0.2) is 72.4 Å². The molecule has 3 aliphatic rings. The Bertz CT molecular complexity index is 1670. The van der Waals surface area contributed by atoms with Crippen LogP contribution >= 0.6 is 23.1 Å². The summed E-state index contributed by atoms with van der Waals surface area (Å²) in [7, 11) is 0. The zero-order chi connectivity index (χ0) is 31.2. The van der Waals surface area contributed by atoms with Crippen LogP contribution in [0.15, 0.2) is 52.3 Å². The van der Waals surface area contributed by atoms with E-state index in [1.165, 1.54) is 6.07 Å². The Balaban J connectivity index is 1.34. The number of fused-ring (bicyclic) bond motifs is 2. The molecule has 3 aromatic rings. The largest absolute Gasteiger partial charge is 0.490 e. The first-order valence-electron chi connectivity index (χ1n) is 13.8. The van der Waals surface area contributed by atoms with E-state index < -0.39 is 40.6 Å². The first-order chi connectivity index (χ1) is 21.1. The Morgan fingerprint density at radius 2 is 1.82 bits per heavy atom. The van der Waals surface area contributed by atoms with Crippen LogP contribution in [0.4, 0.5) is 18.9 Å². The van der Waals surface area contributed by atoms with Crippen molar-refractivity contribution in [3.05, 3.63) is 68.1 Å². The minimum absolute atomic E-state index is 0.177. The summed E-state index contributed by atoms with van der Waals surface area (Å²) in [4.78, 5) is 58.0. The molecule has 232 valence electrons. The molecule has 6 rings (SSSR count). The second kappa shape index (κ2) is 11.9. The van der Waals surface area contributed by atoms with Gasteiger partial charge >= 0.3 is 11.0 Å². The highest BCUT2D eigenvalue weighted by atomic mass is 32.2. The number of benzene rings is 2. The minimum atomic E-state index is -4.66. The third kappa shape index (κ3) is 5.59. The maximum Gasteiger partial charge on any atom is 0.416 e. The maximum atomic E-state index is 13.9. The summed E-state index contributed by atoms with van der Waals surface area (Å²) >= 11 is 1.93. The number of anilines is 1. The number of alkyl halides is 3. The van der Waals surface area contributed by atoms with E-state index in [0.29, 0.717) is 53.3 Å². The van der Waals surface area contributed by atoms with Crippen LogP contribution in [0.3, 0.4) is 0 Å². The van der Waals surface area contributed by atoms with Gasteiger partial charge in [0.2, 0.25) is 11.8 Å². The number of carbonyl (C=O) groups excluding carboxylic acids is 3.